The van der Waals surface area contributed by atoms with Crippen molar-refractivity contribution in [3.05, 3.63) is 35.4 Å². The number of aliphatic imine (C=N–C) groups is 1. The van der Waals surface area contributed by atoms with Gasteiger partial charge in [-0.05, 0) is 18.9 Å². The first-order valence-corrected chi connectivity index (χ1v) is 6.42. The molecule has 6 heteroatoms. The van der Waals surface area contributed by atoms with Crippen LogP contribution in [-0.2, 0) is 10.3 Å². The molecule has 1 unspecified atom stereocenters. The number of hydrogen-bond acceptors (Lipinski definition) is 2. The fourth-order valence-corrected chi connectivity index (χ4v) is 1.99. The fraction of sp³-hybridized carbons (Fsp3) is 0.429. The van der Waals surface area contributed by atoms with Crippen LogP contribution in [0.2, 0.25) is 0 Å². The molecular weight excluding hydrogens is 264 g/mol. The maximum Gasteiger partial charge on any atom is 0.256 e. The number of rotatable bonds is 3. The average Bonchev–Trinajstić information content (AvgIpc) is 2.63. The quantitative estimate of drug-likeness (QED) is 0.889. The summed E-state index contributed by atoms with van der Waals surface area (Å²) >= 11 is 0. The second-order valence-electron chi connectivity index (χ2n) is 5.41. The van der Waals surface area contributed by atoms with Gasteiger partial charge in [0.25, 0.3) is 5.91 Å². The number of benzene rings is 1. The zero-order valence-electron chi connectivity index (χ0n) is 11.6. The standard InChI is InChI=1S/C14H17F2N3O/c1-8(2)7-17-13-18-12(20)14(3,19-13)10-5-4-9(15)6-11(10)16/h4-6,8H,7H2,1-3H3,(H2,17,18,19,20). The Bertz CT molecular complexity index is 572. The number of nitrogens with one attached hydrogen (secondary N) is 2. The van der Waals surface area contributed by atoms with E-state index in [4.69, 9.17) is 0 Å². The molecule has 1 heterocycles. The van der Waals surface area contributed by atoms with Crippen molar-refractivity contribution in [2.45, 2.75) is 26.3 Å². The van der Waals surface area contributed by atoms with Gasteiger partial charge in [0, 0.05) is 18.2 Å². The van der Waals surface area contributed by atoms with Crippen molar-refractivity contribution in [2.24, 2.45) is 10.9 Å². The summed E-state index contributed by atoms with van der Waals surface area (Å²) in [7, 11) is 0. The Balaban J connectivity index is 2.31. The molecule has 1 aromatic rings. The van der Waals surface area contributed by atoms with Crippen LogP contribution in [0.1, 0.15) is 26.3 Å². The van der Waals surface area contributed by atoms with Gasteiger partial charge in [-0.3, -0.25) is 15.1 Å². The van der Waals surface area contributed by atoms with Crippen molar-refractivity contribution in [3.63, 3.8) is 0 Å². The predicted molar refractivity (Wildman–Crippen MR) is 72.1 cm³/mol. The number of guanidine groups is 1. The van der Waals surface area contributed by atoms with Crippen LogP contribution in [0.15, 0.2) is 23.2 Å². The molecule has 1 aliphatic heterocycles. The first-order valence-electron chi connectivity index (χ1n) is 6.42. The number of amides is 1. The largest absolute Gasteiger partial charge is 0.338 e. The van der Waals surface area contributed by atoms with Crippen LogP contribution >= 0.6 is 0 Å². The average molecular weight is 281 g/mol. The Morgan fingerprint density at radius 3 is 2.65 bits per heavy atom. The van der Waals surface area contributed by atoms with Crippen LogP contribution in [0, 0.1) is 17.6 Å². The number of carbonyl (C=O) groups is 1. The highest BCUT2D eigenvalue weighted by Crippen LogP contribution is 2.27. The third kappa shape index (κ3) is 2.64. The lowest BCUT2D eigenvalue weighted by molar-refractivity contribution is -0.123. The molecule has 0 aliphatic carbocycles. The lowest BCUT2D eigenvalue weighted by atomic mass is 9.92. The molecule has 0 bridgehead atoms. The molecule has 1 fully saturated rings. The van der Waals surface area contributed by atoms with Gasteiger partial charge in [0.15, 0.2) is 5.96 Å². The zero-order valence-corrected chi connectivity index (χ0v) is 11.6. The van der Waals surface area contributed by atoms with Gasteiger partial charge in [-0.2, -0.15) is 0 Å². The van der Waals surface area contributed by atoms with Crippen LogP contribution in [0.25, 0.3) is 0 Å². The van der Waals surface area contributed by atoms with Crippen LogP contribution in [-0.4, -0.2) is 18.4 Å². The van der Waals surface area contributed by atoms with E-state index in [0.29, 0.717) is 18.4 Å². The lowest BCUT2D eigenvalue weighted by Gasteiger charge is -2.22. The fourth-order valence-electron chi connectivity index (χ4n) is 1.99. The molecule has 0 saturated carbocycles. The van der Waals surface area contributed by atoms with E-state index in [1.54, 1.807) is 0 Å². The molecule has 0 spiro atoms. The highest BCUT2D eigenvalue weighted by atomic mass is 19.1. The summed E-state index contributed by atoms with van der Waals surface area (Å²) < 4.78 is 26.8. The van der Waals surface area contributed by atoms with E-state index < -0.39 is 23.1 Å². The third-order valence-corrected chi connectivity index (χ3v) is 3.14. The first-order chi connectivity index (χ1) is 9.33. The van der Waals surface area contributed by atoms with Crippen LogP contribution in [0.5, 0.6) is 0 Å². The number of halogens is 2. The second-order valence-corrected chi connectivity index (χ2v) is 5.41. The van der Waals surface area contributed by atoms with E-state index in [9.17, 15) is 13.6 Å². The zero-order chi connectivity index (χ0) is 14.9. The molecule has 1 saturated heterocycles. The Kier molecular flexibility index (Phi) is 3.74. The summed E-state index contributed by atoms with van der Waals surface area (Å²) in [5.74, 6) is -1.20. The van der Waals surface area contributed by atoms with E-state index in [0.717, 1.165) is 12.1 Å². The van der Waals surface area contributed by atoms with Gasteiger partial charge in [-0.1, -0.05) is 19.9 Å². The normalized spacial score (nSPS) is 24.1. The molecule has 20 heavy (non-hydrogen) atoms. The molecule has 4 nitrogen and oxygen atoms in total. The summed E-state index contributed by atoms with van der Waals surface area (Å²) in [6.45, 7) is 6.08. The summed E-state index contributed by atoms with van der Waals surface area (Å²) in [6, 6.07) is 3.16. The van der Waals surface area contributed by atoms with Crippen molar-refractivity contribution in [1.29, 1.82) is 0 Å². The van der Waals surface area contributed by atoms with Crippen molar-refractivity contribution >= 4 is 11.9 Å². The molecule has 108 valence electrons. The Morgan fingerprint density at radius 1 is 1.35 bits per heavy atom. The van der Waals surface area contributed by atoms with Crippen LogP contribution < -0.4 is 10.6 Å². The Hall–Kier alpha value is -1.98. The summed E-state index contributed by atoms with van der Waals surface area (Å²) in [4.78, 5) is 16.3. The van der Waals surface area contributed by atoms with Gasteiger partial charge < -0.3 is 5.32 Å². The van der Waals surface area contributed by atoms with Gasteiger partial charge in [0.05, 0.1) is 0 Å². The molecular formula is C14H17F2N3O. The predicted octanol–water partition coefficient (Wildman–Crippen LogP) is 1.91. The van der Waals surface area contributed by atoms with Gasteiger partial charge in [-0.25, -0.2) is 8.78 Å². The van der Waals surface area contributed by atoms with E-state index in [1.165, 1.54) is 13.0 Å². The molecule has 1 aromatic carbocycles. The molecule has 1 aliphatic rings. The first kappa shape index (κ1) is 14.4. The molecule has 0 aromatic heterocycles. The number of carbonyl (C=O) groups excluding carboxylic acids is 1. The minimum Gasteiger partial charge on any atom is -0.338 e. The minimum absolute atomic E-state index is 0.0890. The highest BCUT2D eigenvalue weighted by molar-refractivity contribution is 6.09. The Morgan fingerprint density at radius 2 is 2.05 bits per heavy atom. The lowest BCUT2D eigenvalue weighted by Crippen LogP contribution is -2.41. The van der Waals surface area contributed by atoms with E-state index >= 15 is 0 Å². The third-order valence-electron chi connectivity index (χ3n) is 3.14. The monoisotopic (exact) mass is 281 g/mol. The second kappa shape index (κ2) is 5.19. The topological polar surface area (TPSA) is 53.5 Å². The van der Waals surface area contributed by atoms with Crippen molar-refractivity contribution in [2.75, 3.05) is 6.54 Å². The van der Waals surface area contributed by atoms with Crippen molar-refractivity contribution < 1.29 is 13.6 Å². The summed E-state index contributed by atoms with van der Waals surface area (Å²) in [6.07, 6.45) is 0. The highest BCUT2D eigenvalue weighted by Gasteiger charge is 2.44. The van der Waals surface area contributed by atoms with E-state index in [1.807, 2.05) is 13.8 Å². The van der Waals surface area contributed by atoms with Crippen LogP contribution in [0.3, 0.4) is 0 Å². The molecule has 2 rings (SSSR count). The molecule has 1 amide bonds. The van der Waals surface area contributed by atoms with Gasteiger partial charge in [-0.15, -0.1) is 0 Å². The maximum absolute atomic E-state index is 13.9. The molecule has 1 atom stereocenters. The van der Waals surface area contributed by atoms with E-state index in [2.05, 4.69) is 15.6 Å². The van der Waals surface area contributed by atoms with Crippen LogP contribution in [0.4, 0.5) is 8.78 Å². The van der Waals surface area contributed by atoms with Crippen molar-refractivity contribution in [1.82, 2.24) is 10.6 Å². The maximum atomic E-state index is 13.9. The molecule has 2 N–H and O–H groups in total. The van der Waals surface area contributed by atoms with E-state index in [-0.39, 0.29) is 5.56 Å². The van der Waals surface area contributed by atoms with Gasteiger partial charge in [0.2, 0.25) is 0 Å². The number of hydrogen-bond donors (Lipinski definition) is 2. The van der Waals surface area contributed by atoms with Gasteiger partial charge in [0.1, 0.15) is 17.2 Å². The smallest absolute Gasteiger partial charge is 0.256 e. The van der Waals surface area contributed by atoms with Gasteiger partial charge >= 0.3 is 0 Å². The Labute approximate surface area is 116 Å². The SMILES string of the molecule is CC(C)CN=C1NC(=O)C(C)(c2ccc(F)cc2F)N1. The molecule has 0 radical (unpaired) electrons. The summed E-state index contributed by atoms with van der Waals surface area (Å²) in [5, 5.41) is 5.46. The summed E-state index contributed by atoms with van der Waals surface area (Å²) in [5.41, 5.74) is -1.20. The van der Waals surface area contributed by atoms with Crippen molar-refractivity contribution in [3.8, 4) is 0 Å². The minimum atomic E-state index is -1.28. The number of nitrogens with zero attached hydrogens (tertiary/aromatic N) is 1.